The van der Waals surface area contributed by atoms with E-state index in [-0.39, 0.29) is 28.1 Å². The monoisotopic (exact) mass is 466 g/mol. The molecule has 34 heavy (non-hydrogen) atoms. The van der Waals surface area contributed by atoms with Gasteiger partial charge in [-0.3, -0.25) is 0 Å². The second kappa shape index (κ2) is 8.71. The van der Waals surface area contributed by atoms with Crippen LogP contribution < -0.4 is 0 Å². The van der Waals surface area contributed by atoms with Crippen LogP contribution in [0.4, 0.5) is 0 Å². The van der Waals surface area contributed by atoms with Crippen molar-refractivity contribution in [3.63, 3.8) is 0 Å². The van der Waals surface area contributed by atoms with E-state index in [0.717, 1.165) is 32.1 Å². The number of aliphatic hydroxyl groups is 2. The maximum Gasteiger partial charge on any atom is 0.137 e. The second-order valence-electron chi connectivity index (χ2n) is 13.9. The first-order valence-corrected chi connectivity index (χ1v) is 13.7. The Kier molecular flexibility index (Phi) is 7.01. The van der Waals surface area contributed by atoms with E-state index in [9.17, 15) is 10.2 Å². The Labute approximate surface area is 210 Å². The van der Waals surface area contributed by atoms with E-state index in [1.54, 1.807) is 0 Å². The predicted octanol–water partition coefficient (Wildman–Crippen LogP) is 7.15. The van der Waals surface area contributed by atoms with Gasteiger partial charge in [0.1, 0.15) is 11.2 Å². The van der Waals surface area contributed by atoms with E-state index >= 15 is 0 Å². The topological polar surface area (TPSA) is 40.5 Å². The molecule has 0 aliphatic heterocycles. The predicted molar refractivity (Wildman–Crippen MR) is 143 cm³/mol. The van der Waals surface area contributed by atoms with Crippen molar-refractivity contribution < 1.29 is 10.2 Å². The Hall–Kier alpha value is -1.22. The molecule has 4 aliphatic rings. The smallest absolute Gasteiger partial charge is 0.137 e. The quantitative estimate of drug-likeness (QED) is 0.294. The minimum Gasteiger partial charge on any atom is -0.377 e. The summed E-state index contributed by atoms with van der Waals surface area (Å²) in [6.45, 7) is 17.8. The molecule has 0 amide bonds. The molecular formula is C32H50O2. The summed E-state index contributed by atoms with van der Waals surface area (Å²) in [6.07, 6.45) is 23.8. The summed E-state index contributed by atoms with van der Waals surface area (Å²) in [7, 11) is 0. The standard InChI is InChI=1S/C16H26O.C16H24O/c2*1-6-16(17)12(2)8-9-13-14(3,4)10-7-11-15(13,16)5/h1,12-13,17H,7-11H2,2-5H3;1,9,12,17H,7-8,10-11H2,2-5H3/t12?,13-,15-,16?;12?,15-,16?/m00/s1. The highest BCUT2D eigenvalue weighted by molar-refractivity contribution is 5.37. The molecule has 0 heterocycles. The minimum absolute atomic E-state index is 0.0961. The first-order chi connectivity index (χ1) is 15.6. The molecule has 190 valence electrons. The van der Waals surface area contributed by atoms with Crippen LogP contribution in [-0.4, -0.2) is 21.4 Å². The Bertz CT molecular complexity index is 897. The van der Waals surface area contributed by atoms with Gasteiger partial charge in [-0.25, -0.2) is 0 Å². The van der Waals surface area contributed by atoms with Crippen molar-refractivity contribution in [2.45, 2.75) is 124 Å². The van der Waals surface area contributed by atoms with Gasteiger partial charge < -0.3 is 10.2 Å². The fourth-order valence-electron chi connectivity index (χ4n) is 8.89. The van der Waals surface area contributed by atoms with Crippen LogP contribution in [0.3, 0.4) is 0 Å². The number of hydrogen-bond donors (Lipinski definition) is 2. The third kappa shape index (κ3) is 3.80. The average Bonchev–Trinajstić information content (AvgIpc) is 2.74. The lowest BCUT2D eigenvalue weighted by Gasteiger charge is -2.61. The van der Waals surface area contributed by atoms with Gasteiger partial charge in [0.25, 0.3) is 0 Å². The number of terminal acetylenes is 2. The summed E-state index contributed by atoms with van der Waals surface area (Å²) in [5.74, 6) is 6.41. The van der Waals surface area contributed by atoms with Crippen LogP contribution >= 0.6 is 0 Å². The molecule has 4 rings (SSSR count). The Morgan fingerprint density at radius 3 is 1.97 bits per heavy atom. The number of fused-ring (bicyclic) bond motifs is 2. The molecule has 4 unspecified atom stereocenters. The van der Waals surface area contributed by atoms with Crippen molar-refractivity contribution in [1.29, 1.82) is 0 Å². The van der Waals surface area contributed by atoms with Gasteiger partial charge in [0.2, 0.25) is 0 Å². The van der Waals surface area contributed by atoms with Gasteiger partial charge in [-0.2, -0.15) is 0 Å². The lowest BCUT2D eigenvalue weighted by Crippen LogP contribution is -2.61. The van der Waals surface area contributed by atoms with Gasteiger partial charge in [0.15, 0.2) is 0 Å². The fourth-order valence-corrected chi connectivity index (χ4v) is 8.89. The average molecular weight is 467 g/mol. The first-order valence-electron chi connectivity index (χ1n) is 13.7. The van der Waals surface area contributed by atoms with Gasteiger partial charge in [-0.1, -0.05) is 91.7 Å². The molecule has 0 saturated heterocycles. The summed E-state index contributed by atoms with van der Waals surface area (Å²) in [5.41, 5.74) is -0.337. The van der Waals surface area contributed by atoms with Crippen molar-refractivity contribution in [2.75, 3.05) is 0 Å². The van der Waals surface area contributed by atoms with Crippen LogP contribution in [0, 0.1) is 64.1 Å². The first kappa shape index (κ1) is 27.4. The molecule has 0 radical (unpaired) electrons. The molecule has 3 fully saturated rings. The lowest BCUT2D eigenvalue weighted by atomic mass is 9.45. The number of hydrogen-bond acceptors (Lipinski definition) is 2. The minimum atomic E-state index is -0.977. The van der Waals surface area contributed by atoms with Gasteiger partial charge in [-0.15, -0.1) is 12.8 Å². The molecule has 4 aliphatic carbocycles. The van der Waals surface area contributed by atoms with Crippen LogP contribution in [0.25, 0.3) is 0 Å². The van der Waals surface area contributed by atoms with Crippen LogP contribution in [-0.2, 0) is 0 Å². The summed E-state index contributed by atoms with van der Waals surface area (Å²) < 4.78 is 0. The Balaban J connectivity index is 0.000000191. The molecule has 2 nitrogen and oxygen atoms in total. The van der Waals surface area contributed by atoms with E-state index in [1.807, 2.05) is 0 Å². The molecule has 0 aromatic carbocycles. The zero-order valence-corrected chi connectivity index (χ0v) is 23.2. The lowest BCUT2D eigenvalue weighted by molar-refractivity contribution is -0.176. The van der Waals surface area contributed by atoms with Crippen molar-refractivity contribution in [3.8, 4) is 24.7 Å². The van der Waals surface area contributed by atoms with E-state index in [2.05, 4.69) is 73.3 Å². The molecule has 2 heteroatoms. The summed E-state index contributed by atoms with van der Waals surface area (Å²) >= 11 is 0. The number of rotatable bonds is 0. The molecule has 2 N–H and O–H groups in total. The van der Waals surface area contributed by atoms with Crippen molar-refractivity contribution in [1.82, 2.24) is 0 Å². The zero-order valence-electron chi connectivity index (χ0n) is 23.2. The van der Waals surface area contributed by atoms with E-state index in [1.165, 1.54) is 31.3 Å². The van der Waals surface area contributed by atoms with Crippen molar-refractivity contribution >= 4 is 0 Å². The molecule has 0 aromatic heterocycles. The van der Waals surface area contributed by atoms with Gasteiger partial charge >= 0.3 is 0 Å². The van der Waals surface area contributed by atoms with Crippen LogP contribution in [0.15, 0.2) is 11.6 Å². The summed E-state index contributed by atoms with van der Waals surface area (Å²) in [5, 5.41) is 22.0. The summed E-state index contributed by atoms with van der Waals surface area (Å²) in [6, 6.07) is 0. The van der Waals surface area contributed by atoms with E-state index < -0.39 is 11.2 Å². The maximum atomic E-state index is 11.0. The highest BCUT2D eigenvalue weighted by atomic mass is 16.3. The van der Waals surface area contributed by atoms with Crippen LogP contribution in [0.2, 0.25) is 0 Å². The normalized spacial score (nSPS) is 46.8. The van der Waals surface area contributed by atoms with Gasteiger partial charge in [-0.05, 0) is 67.6 Å². The SMILES string of the molecule is C#CC1(O)C(C)CC=C2C(C)(C)CCC[C@@]21C.C#CC1(O)C(C)CC[C@H]2C(C)(C)CCC[C@@]21C. The second-order valence-corrected chi connectivity index (χ2v) is 13.9. The zero-order chi connectivity index (χ0) is 25.8. The van der Waals surface area contributed by atoms with Crippen molar-refractivity contribution in [2.24, 2.45) is 39.4 Å². The molecule has 7 atom stereocenters. The largest absolute Gasteiger partial charge is 0.377 e. The molecule has 0 aromatic rings. The fraction of sp³-hybridized carbons (Fsp3) is 0.812. The molecular weight excluding hydrogens is 416 g/mol. The van der Waals surface area contributed by atoms with E-state index in [0.29, 0.717) is 11.3 Å². The third-order valence-corrected chi connectivity index (χ3v) is 11.2. The molecule has 3 saturated carbocycles. The molecule has 0 bridgehead atoms. The molecule has 0 spiro atoms. The van der Waals surface area contributed by atoms with Crippen LogP contribution in [0.5, 0.6) is 0 Å². The third-order valence-electron chi connectivity index (χ3n) is 11.2. The van der Waals surface area contributed by atoms with Crippen molar-refractivity contribution in [3.05, 3.63) is 11.6 Å². The highest BCUT2D eigenvalue weighted by Crippen LogP contribution is 2.62. The maximum absolute atomic E-state index is 11.0. The van der Waals surface area contributed by atoms with Gasteiger partial charge in [0.05, 0.1) is 0 Å². The van der Waals surface area contributed by atoms with Crippen LogP contribution in [0.1, 0.15) is 113 Å². The van der Waals surface area contributed by atoms with Gasteiger partial charge in [0, 0.05) is 16.7 Å². The Morgan fingerprint density at radius 1 is 0.794 bits per heavy atom. The summed E-state index contributed by atoms with van der Waals surface area (Å²) in [4.78, 5) is 0. The Morgan fingerprint density at radius 2 is 1.38 bits per heavy atom. The number of allylic oxidation sites excluding steroid dienone is 1. The van der Waals surface area contributed by atoms with E-state index in [4.69, 9.17) is 12.8 Å². The highest BCUT2D eigenvalue weighted by Gasteiger charge is 2.61.